The summed E-state index contributed by atoms with van der Waals surface area (Å²) in [5, 5.41) is 5.47. The molecule has 2 heterocycles. The third kappa shape index (κ3) is 3.58. The summed E-state index contributed by atoms with van der Waals surface area (Å²) in [6.07, 6.45) is 1.93. The number of nitrogens with two attached hydrogens (primary N) is 2. The molecule has 1 fully saturated rings. The SMILES string of the molecule is CSc1nc(N)cc(N2CC(CS(N)(=O)=O)CC2=O)n1. The molecule has 1 aromatic heterocycles. The van der Waals surface area contributed by atoms with Crippen LogP contribution in [0.5, 0.6) is 0 Å². The van der Waals surface area contributed by atoms with E-state index in [-0.39, 0.29) is 36.4 Å². The highest BCUT2D eigenvalue weighted by Crippen LogP contribution is 2.26. The third-order valence-electron chi connectivity index (χ3n) is 2.84. The van der Waals surface area contributed by atoms with Crippen molar-refractivity contribution in [1.82, 2.24) is 9.97 Å². The van der Waals surface area contributed by atoms with Crippen molar-refractivity contribution >= 4 is 39.3 Å². The van der Waals surface area contributed by atoms with Gasteiger partial charge in [-0.3, -0.25) is 9.69 Å². The van der Waals surface area contributed by atoms with Crippen LogP contribution in [0, 0.1) is 5.92 Å². The minimum atomic E-state index is -3.60. The van der Waals surface area contributed by atoms with Gasteiger partial charge in [0, 0.05) is 24.9 Å². The first-order valence-corrected chi connectivity index (χ1v) is 8.72. The van der Waals surface area contributed by atoms with Crippen molar-refractivity contribution in [1.29, 1.82) is 0 Å². The number of primary sulfonamides is 1. The molecule has 1 atom stereocenters. The Hall–Kier alpha value is -1.39. The molecule has 1 aliphatic heterocycles. The molecule has 0 aromatic carbocycles. The highest BCUT2D eigenvalue weighted by Gasteiger charge is 2.33. The van der Waals surface area contributed by atoms with Gasteiger partial charge in [0.1, 0.15) is 11.6 Å². The normalized spacial score (nSPS) is 19.6. The van der Waals surface area contributed by atoms with Crippen LogP contribution >= 0.6 is 11.8 Å². The van der Waals surface area contributed by atoms with Crippen LogP contribution < -0.4 is 15.8 Å². The second-order valence-electron chi connectivity index (χ2n) is 4.54. The Kier molecular flexibility index (Phi) is 4.16. The van der Waals surface area contributed by atoms with Gasteiger partial charge in [0.05, 0.1) is 5.75 Å². The minimum Gasteiger partial charge on any atom is -0.383 e. The third-order valence-corrected chi connectivity index (χ3v) is 4.33. The number of nitrogens with zero attached hydrogens (tertiary/aromatic N) is 3. The van der Waals surface area contributed by atoms with Crippen LogP contribution in [0.3, 0.4) is 0 Å². The van der Waals surface area contributed by atoms with Crippen LogP contribution in [0.2, 0.25) is 0 Å². The Morgan fingerprint density at radius 2 is 2.20 bits per heavy atom. The smallest absolute Gasteiger partial charge is 0.228 e. The average Bonchev–Trinajstić information content (AvgIpc) is 2.66. The van der Waals surface area contributed by atoms with Gasteiger partial charge < -0.3 is 5.73 Å². The molecule has 0 spiro atoms. The van der Waals surface area contributed by atoms with E-state index in [0.29, 0.717) is 11.0 Å². The van der Waals surface area contributed by atoms with E-state index in [0.717, 1.165) is 0 Å². The van der Waals surface area contributed by atoms with E-state index >= 15 is 0 Å². The Labute approximate surface area is 121 Å². The molecule has 4 N–H and O–H groups in total. The van der Waals surface area contributed by atoms with E-state index in [2.05, 4.69) is 9.97 Å². The Bertz CT molecular complexity index is 634. The maximum atomic E-state index is 12.0. The maximum Gasteiger partial charge on any atom is 0.228 e. The molecule has 10 heteroatoms. The number of carbonyl (C=O) groups excluding carboxylic acids is 1. The molecule has 0 saturated carbocycles. The van der Waals surface area contributed by atoms with Crippen molar-refractivity contribution in [3.8, 4) is 0 Å². The van der Waals surface area contributed by atoms with Crippen molar-refractivity contribution in [2.24, 2.45) is 11.1 Å². The zero-order chi connectivity index (χ0) is 14.9. The van der Waals surface area contributed by atoms with Gasteiger partial charge in [0.25, 0.3) is 0 Å². The number of hydrogen-bond donors (Lipinski definition) is 2. The van der Waals surface area contributed by atoms with Crippen molar-refractivity contribution in [2.45, 2.75) is 11.6 Å². The molecule has 1 aliphatic rings. The topological polar surface area (TPSA) is 132 Å². The number of carbonyl (C=O) groups is 1. The van der Waals surface area contributed by atoms with Crippen molar-refractivity contribution in [2.75, 3.05) is 29.2 Å². The number of nitrogen functional groups attached to an aromatic ring is 1. The van der Waals surface area contributed by atoms with Gasteiger partial charge in [-0.1, -0.05) is 11.8 Å². The van der Waals surface area contributed by atoms with Crippen LogP contribution in [0.1, 0.15) is 6.42 Å². The fraction of sp³-hybridized carbons (Fsp3) is 0.500. The molecule has 110 valence electrons. The Morgan fingerprint density at radius 1 is 1.50 bits per heavy atom. The lowest BCUT2D eigenvalue weighted by Gasteiger charge is -2.16. The van der Waals surface area contributed by atoms with Gasteiger partial charge in [-0.2, -0.15) is 0 Å². The van der Waals surface area contributed by atoms with Crippen LogP contribution in [-0.4, -0.2) is 42.8 Å². The van der Waals surface area contributed by atoms with Crippen molar-refractivity contribution in [3.63, 3.8) is 0 Å². The molecule has 8 nitrogen and oxygen atoms in total. The minimum absolute atomic E-state index is 0.134. The number of sulfonamides is 1. The largest absolute Gasteiger partial charge is 0.383 e. The fourth-order valence-electron chi connectivity index (χ4n) is 2.10. The first-order valence-electron chi connectivity index (χ1n) is 5.78. The van der Waals surface area contributed by atoms with Crippen molar-refractivity contribution < 1.29 is 13.2 Å². The lowest BCUT2D eigenvalue weighted by atomic mass is 10.1. The molecule has 0 bridgehead atoms. The zero-order valence-corrected chi connectivity index (χ0v) is 12.4. The summed E-state index contributed by atoms with van der Waals surface area (Å²) in [7, 11) is -3.60. The highest BCUT2D eigenvalue weighted by atomic mass is 32.2. The number of amides is 1. The number of anilines is 2. The van der Waals surface area contributed by atoms with E-state index in [1.165, 1.54) is 22.7 Å². The Morgan fingerprint density at radius 3 is 2.80 bits per heavy atom. The molecule has 1 amide bonds. The predicted molar refractivity (Wildman–Crippen MR) is 76.7 cm³/mol. The molecule has 1 aromatic rings. The van der Waals surface area contributed by atoms with Gasteiger partial charge in [0.15, 0.2) is 5.16 Å². The van der Waals surface area contributed by atoms with Gasteiger partial charge in [-0.15, -0.1) is 0 Å². The van der Waals surface area contributed by atoms with E-state index in [1.807, 2.05) is 0 Å². The fourth-order valence-corrected chi connectivity index (χ4v) is 3.36. The monoisotopic (exact) mass is 317 g/mol. The molecule has 0 radical (unpaired) electrons. The second-order valence-corrected chi connectivity index (χ2v) is 6.97. The second kappa shape index (κ2) is 5.54. The van der Waals surface area contributed by atoms with E-state index in [4.69, 9.17) is 10.9 Å². The lowest BCUT2D eigenvalue weighted by Crippen LogP contribution is -2.28. The van der Waals surface area contributed by atoms with Crippen LogP contribution in [0.4, 0.5) is 11.6 Å². The average molecular weight is 317 g/mol. The molecular weight excluding hydrogens is 302 g/mol. The van der Waals surface area contributed by atoms with E-state index in [9.17, 15) is 13.2 Å². The highest BCUT2D eigenvalue weighted by molar-refractivity contribution is 7.98. The molecular formula is C10H15N5O3S2. The van der Waals surface area contributed by atoms with E-state index < -0.39 is 10.0 Å². The summed E-state index contributed by atoms with van der Waals surface area (Å²) in [4.78, 5) is 21.6. The van der Waals surface area contributed by atoms with Gasteiger partial charge in [-0.25, -0.2) is 23.5 Å². The zero-order valence-electron chi connectivity index (χ0n) is 10.8. The molecule has 0 aliphatic carbocycles. The summed E-state index contributed by atoms with van der Waals surface area (Å²) in [5.41, 5.74) is 5.67. The van der Waals surface area contributed by atoms with E-state index in [1.54, 1.807) is 6.26 Å². The standard InChI is InChI=1S/C10H15N5O3S2/c1-19-10-13-7(11)3-8(14-10)15-4-6(2-9(15)16)5-20(12,17)18/h3,6H,2,4-5H2,1H3,(H2,11,13,14)(H2,12,17,18). The molecule has 1 saturated heterocycles. The number of thioether (sulfide) groups is 1. The summed E-state index contributed by atoms with van der Waals surface area (Å²) < 4.78 is 22.2. The molecule has 20 heavy (non-hydrogen) atoms. The number of hydrogen-bond acceptors (Lipinski definition) is 7. The summed E-state index contributed by atoms with van der Waals surface area (Å²) >= 11 is 1.31. The quantitative estimate of drug-likeness (QED) is 0.561. The van der Waals surface area contributed by atoms with Gasteiger partial charge in [-0.05, 0) is 6.26 Å². The van der Waals surface area contributed by atoms with Gasteiger partial charge in [0.2, 0.25) is 15.9 Å². The number of rotatable bonds is 4. The first-order chi connectivity index (χ1) is 9.28. The Balaban J connectivity index is 2.21. The summed E-state index contributed by atoms with van der Waals surface area (Å²) in [6.45, 7) is 0.263. The van der Waals surface area contributed by atoms with Crippen LogP contribution in [0.25, 0.3) is 0 Å². The molecule has 2 rings (SSSR count). The maximum absolute atomic E-state index is 12.0. The summed E-state index contributed by atoms with van der Waals surface area (Å²) in [5.74, 6) is -0.0772. The predicted octanol–water partition coefficient (Wildman–Crippen LogP) is -0.578. The van der Waals surface area contributed by atoms with Crippen molar-refractivity contribution in [3.05, 3.63) is 6.07 Å². The van der Waals surface area contributed by atoms with Gasteiger partial charge >= 0.3 is 0 Å². The summed E-state index contributed by atoms with van der Waals surface area (Å²) in [6, 6.07) is 1.50. The van der Waals surface area contributed by atoms with Crippen LogP contribution in [-0.2, 0) is 14.8 Å². The molecule has 1 unspecified atom stereocenters. The lowest BCUT2D eigenvalue weighted by molar-refractivity contribution is -0.117. The first kappa shape index (κ1) is 15.0. The van der Waals surface area contributed by atoms with Crippen LogP contribution in [0.15, 0.2) is 11.2 Å². The number of aromatic nitrogens is 2.